The molecule has 2 aromatic rings. The van der Waals surface area contributed by atoms with Crippen LogP contribution >= 0.6 is 12.2 Å². The molecule has 6 nitrogen and oxygen atoms in total. The van der Waals surface area contributed by atoms with Gasteiger partial charge in [-0.3, -0.25) is 0 Å². The molecule has 0 spiro atoms. The number of morpholine rings is 1. The molecule has 1 atom stereocenters. The van der Waals surface area contributed by atoms with Crippen molar-refractivity contribution in [2.75, 3.05) is 43.1 Å². The van der Waals surface area contributed by atoms with Crippen molar-refractivity contribution in [3.63, 3.8) is 0 Å². The van der Waals surface area contributed by atoms with Gasteiger partial charge in [0.25, 0.3) is 0 Å². The van der Waals surface area contributed by atoms with Crippen molar-refractivity contribution in [2.24, 2.45) is 0 Å². The minimum absolute atomic E-state index is 0.0582. The van der Waals surface area contributed by atoms with E-state index in [1.807, 2.05) is 13.0 Å². The monoisotopic (exact) mass is 427 g/mol. The quantitative estimate of drug-likeness (QED) is 0.532. The number of nitrogens with zero attached hydrogens (tertiary/aromatic N) is 1. The van der Waals surface area contributed by atoms with E-state index in [4.69, 9.17) is 21.7 Å². The minimum Gasteiger partial charge on any atom is -0.462 e. The first-order valence-corrected chi connectivity index (χ1v) is 10.7. The smallest absolute Gasteiger partial charge is 0.338 e. The van der Waals surface area contributed by atoms with Crippen LogP contribution in [0.4, 0.5) is 11.4 Å². The van der Waals surface area contributed by atoms with Crippen molar-refractivity contribution in [3.05, 3.63) is 59.2 Å². The van der Waals surface area contributed by atoms with Crippen LogP contribution in [0.25, 0.3) is 0 Å². The standard InChI is InChI=1S/C23H29N3O3S/c1-4-29-22(27)19-7-10-21(16(2)15-19)25-23(30)24-17(3)18-5-8-20(9-6-18)26-11-13-28-14-12-26/h5-10,15,17H,4,11-14H2,1-3H3,(H2,24,25,30). The van der Waals surface area contributed by atoms with E-state index in [1.165, 1.54) is 5.69 Å². The Balaban J connectivity index is 1.57. The average Bonchev–Trinajstić information content (AvgIpc) is 2.76. The first-order valence-electron chi connectivity index (χ1n) is 10.3. The normalized spacial score (nSPS) is 14.7. The number of nitrogens with one attached hydrogen (secondary N) is 2. The van der Waals surface area contributed by atoms with Gasteiger partial charge in [0.1, 0.15) is 0 Å². The number of hydrogen-bond donors (Lipinski definition) is 2. The second-order valence-electron chi connectivity index (χ2n) is 7.26. The van der Waals surface area contributed by atoms with E-state index in [-0.39, 0.29) is 12.0 Å². The van der Waals surface area contributed by atoms with Crippen molar-refractivity contribution >= 4 is 34.7 Å². The molecular formula is C23H29N3O3S. The van der Waals surface area contributed by atoms with Gasteiger partial charge in [-0.25, -0.2) is 4.79 Å². The van der Waals surface area contributed by atoms with Crippen LogP contribution in [0, 0.1) is 6.92 Å². The number of thiocarbonyl (C=S) groups is 1. The molecule has 1 heterocycles. The molecule has 2 N–H and O–H groups in total. The lowest BCUT2D eigenvalue weighted by molar-refractivity contribution is 0.0526. The largest absolute Gasteiger partial charge is 0.462 e. The summed E-state index contributed by atoms with van der Waals surface area (Å²) in [5, 5.41) is 7.08. The predicted octanol–water partition coefficient (Wildman–Crippen LogP) is 4.06. The molecule has 0 amide bonds. The second kappa shape index (κ2) is 10.4. The van der Waals surface area contributed by atoms with Crippen LogP contribution in [-0.4, -0.2) is 44.0 Å². The SMILES string of the molecule is CCOC(=O)c1ccc(NC(=S)NC(C)c2ccc(N3CCOCC3)cc2)c(C)c1. The molecular weight excluding hydrogens is 398 g/mol. The number of hydrogen-bond acceptors (Lipinski definition) is 5. The second-order valence-corrected chi connectivity index (χ2v) is 7.67. The number of esters is 1. The molecule has 3 rings (SSSR count). The zero-order valence-corrected chi connectivity index (χ0v) is 18.6. The minimum atomic E-state index is -0.318. The van der Waals surface area contributed by atoms with Crippen molar-refractivity contribution in [1.82, 2.24) is 5.32 Å². The molecule has 0 radical (unpaired) electrons. The summed E-state index contributed by atoms with van der Waals surface area (Å²) in [5.74, 6) is -0.318. The van der Waals surface area contributed by atoms with Gasteiger partial charge in [0.2, 0.25) is 0 Å². The summed E-state index contributed by atoms with van der Waals surface area (Å²) in [6.45, 7) is 9.57. The van der Waals surface area contributed by atoms with Gasteiger partial charge in [-0.15, -0.1) is 0 Å². The Morgan fingerprint density at radius 3 is 2.53 bits per heavy atom. The van der Waals surface area contributed by atoms with Crippen LogP contribution in [0.5, 0.6) is 0 Å². The van der Waals surface area contributed by atoms with Crippen LogP contribution in [-0.2, 0) is 9.47 Å². The lowest BCUT2D eigenvalue weighted by Crippen LogP contribution is -2.36. The Bertz CT molecular complexity index is 880. The van der Waals surface area contributed by atoms with Crippen molar-refractivity contribution in [1.29, 1.82) is 0 Å². The zero-order valence-electron chi connectivity index (χ0n) is 17.7. The Morgan fingerprint density at radius 2 is 1.90 bits per heavy atom. The number of rotatable bonds is 6. The number of carbonyl (C=O) groups excluding carboxylic acids is 1. The fraction of sp³-hybridized carbons (Fsp3) is 0.391. The van der Waals surface area contributed by atoms with E-state index in [1.54, 1.807) is 19.1 Å². The maximum Gasteiger partial charge on any atom is 0.338 e. The van der Waals surface area contributed by atoms with Crippen LogP contribution in [0.1, 0.15) is 41.4 Å². The molecule has 30 heavy (non-hydrogen) atoms. The predicted molar refractivity (Wildman–Crippen MR) is 124 cm³/mol. The fourth-order valence-corrected chi connectivity index (χ4v) is 3.67. The molecule has 0 aliphatic carbocycles. The summed E-state index contributed by atoms with van der Waals surface area (Å²) in [5.41, 5.74) is 4.69. The lowest BCUT2D eigenvalue weighted by Gasteiger charge is -2.29. The van der Waals surface area contributed by atoms with E-state index in [0.717, 1.165) is 43.1 Å². The number of ether oxygens (including phenoxy) is 2. The summed E-state index contributed by atoms with van der Waals surface area (Å²) < 4.78 is 10.5. The van der Waals surface area contributed by atoms with E-state index in [2.05, 4.69) is 46.7 Å². The van der Waals surface area contributed by atoms with Crippen molar-refractivity contribution in [3.8, 4) is 0 Å². The van der Waals surface area contributed by atoms with Gasteiger partial charge < -0.3 is 25.0 Å². The van der Waals surface area contributed by atoms with Gasteiger partial charge in [0, 0.05) is 24.5 Å². The average molecular weight is 428 g/mol. The highest BCUT2D eigenvalue weighted by Gasteiger charge is 2.13. The third kappa shape index (κ3) is 5.70. The maximum atomic E-state index is 11.9. The molecule has 160 valence electrons. The molecule has 1 unspecified atom stereocenters. The number of carbonyl (C=O) groups is 1. The van der Waals surface area contributed by atoms with Crippen LogP contribution < -0.4 is 15.5 Å². The Hall–Kier alpha value is -2.64. The Kier molecular flexibility index (Phi) is 7.65. The lowest BCUT2D eigenvalue weighted by atomic mass is 10.1. The van der Waals surface area contributed by atoms with Crippen LogP contribution in [0.3, 0.4) is 0 Å². The number of aryl methyl sites for hydroxylation is 1. The van der Waals surface area contributed by atoms with Crippen LogP contribution in [0.2, 0.25) is 0 Å². The molecule has 1 aliphatic rings. The van der Waals surface area contributed by atoms with Crippen LogP contribution in [0.15, 0.2) is 42.5 Å². The van der Waals surface area contributed by atoms with E-state index in [0.29, 0.717) is 17.3 Å². The van der Waals surface area contributed by atoms with Gasteiger partial charge in [0.05, 0.1) is 31.4 Å². The summed E-state index contributed by atoms with van der Waals surface area (Å²) in [4.78, 5) is 14.2. The topological polar surface area (TPSA) is 62.8 Å². The summed E-state index contributed by atoms with van der Waals surface area (Å²) in [7, 11) is 0. The van der Waals surface area contributed by atoms with E-state index in [9.17, 15) is 4.79 Å². The van der Waals surface area contributed by atoms with Gasteiger partial charge in [-0.05, 0) is 74.4 Å². The molecule has 0 aromatic heterocycles. The molecule has 1 saturated heterocycles. The number of benzene rings is 2. The first kappa shape index (κ1) is 22.1. The van der Waals surface area contributed by atoms with Gasteiger partial charge >= 0.3 is 5.97 Å². The first-order chi connectivity index (χ1) is 14.5. The van der Waals surface area contributed by atoms with E-state index < -0.39 is 0 Å². The molecule has 0 saturated carbocycles. The summed E-state index contributed by atoms with van der Waals surface area (Å²) in [6, 6.07) is 14.0. The molecule has 1 aliphatic heterocycles. The van der Waals surface area contributed by atoms with E-state index >= 15 is 0 Å². The fourth-order valence-electron chi connectivity index (χ4n) is 3.38. The highest BCUT2D eigenvalue weighted by molar-refractivity contribution is 7.80. The molecule has 2 aromatic carbocycles. The third-order valence-electron chi connectivity index (χ3n) is 5.10. The highest BCUT2D eigenvalue weighted by atomic mass is 32.1. The summed E-state index contributed by atoms with van der Waals surface area (Å²) >= 11 is 5.49. The molecule has 7 heteroatoms. The van der Waals surface area contributed by atoms with Gasteiger partial charge in [-0.1, -0.05) is 12.1 Å². The third-order valence-corrected chi connectivity index (χ3v) is 5.32. The van der Waals surface area contributed by atoms with Crippen molar-refractivity contribution in [2.45, 2.75) is 26.8 Å². The highest BCUT2D eigenvalue weighted by Crippen LogP contribution is 2.21. The Labute approximate surface area is 183 Å². The molecule has 0 bridgehead atoms. The molecule has 1 fully saturated rings. The van der Waals surface area contributed by atoms with Crippen molar-refractivity contribution < 1.29 is 14.3 Å². The van der Waals surface area contributed by atoms with Gasteiger partial charge in [-0.2, -0.15) is 0 Å². The summed E-state index contributed by atoms with van der Waals surface area (Å²) in [6.07, 6.45) is 0. The maximum absolute atomic E-state index is 11.9. The Morgan fingerprint density at radius 1 is 1.20 bits per heavy atom. The zero-order chi connectivity index (χ0) is 21.5. The number of anilines is 2. The van der Waals surface area contributed by atoms with Gasteiger partial charge in [0.15, 0.2) is 5.11 Å².